The molecule has 0 atom stereocenters. The number of rotatable bonds is 7. The summed E-state index contributed by atoms with van der Waals surface area (Å²) in [4.78, 5) is 0. The topological polar surface area (TPSA) is 12.0 Å². The van der Waals surface area contributed by atoms with Gasteiger partial charge < -0.3 is 5.32 Å². The van der Waals surface area contributed by atoms with Crippen LogP contribution in [0, 0.1) is 5.41 Å². The molecular formula is C14H29NS. The van der Waals surface area contributed by atoms with E-state index in [2.05, 4.69) is 25.4 Å². The lowest BCUT2D eigenvalue weighted by Gasteiger charge is -2.34. The van der Waals surface area contributed by atoms with E-state index in [9.17, 15) is 0 Å². The van der Waals surface area contributed by atoms with Crippen LogP contribution in [0.3, 0.4) is 0 Å². The summed E-state index contributed by atoms with van der Waals surface area (Å²) in [6.07, 6.45) is 11.9. The minimum atomic E-state index is 0.608. The lowest BCUT2D eigenvalue weighted by Crippen LogP contribution is -2.36. The fraction of sp³-hybridized carbons (Fsp3) is 1.00. The van der Waals surface area contributed by atoms with Gasteiger partial charge in [-0.15, -0.1) is 0 Å². The maximum Gasteiger partial charge on any atom is 0.00674 e. The standard InChI is InChI=1S/C14H29NS/c1-14(2)9-7-13(8-10-14)15-11-5-4-6-12-16-3/h13,15H,4-12H2,1-3H3. The summed E-state index contributed by atoms with van der Waals surface area (Å²) >= 11 is 1.97. The molecule has 0 saturated heterocycles. The summed E-state index contributed by atoms with van der Waals surface area (Å²) in [5.41, 5.74) is 0.608. The lowest BCUT2D eigenvalue weighted by atomic mass is 9.75. The van der Waals surface area contributed by atoms with E-state index < -0.39 is 0 Å². The summed E-state index contributed by atoms with van der Waals surface area (Å²) in [7, 11) is 0. The van der Waals surface area contributed by atoms with Crippen molar-refractivity contribution >= 4 is 11.8 Å². The molecular weight excluding hydrogens is 214 g/mol. The maximum absolute atomic E-state index is 3.73. The zero-order valence-corrected chi connectivity index (χ0v) is 12.2. The summed E-state index contributed by atoms with van der Waals surface area (Å²) in [6, 6.07) is 0.813. The second-order valence-electron chi connectivity index (χ2n) is 5.95. The van der Waals surface area contributed by atoms with Crippen LogP contribution in [0.4, 0.5) is 0 Å². The predicted molar refractivity (Wildman–Crippen MR) is 76.3 cm³/mol. The molecule has 0 aromatic rings. The Kier molecular flexibility index (Phi) is 6.83. The number of hydrogen-bond acceptors (Lipinski definition) is 2. The van der Waals surface area contributed by atoms with Gasteiger partial charge >= 0.3 is 0 Å². The van der Waals surface area contributed by atoms with Crippen molar-refractivity contribution in [2.75, 3.05) is 18.6 Å². The molecule has 96 valence electrons. The number of nitrogens with one attached hydrogen (secondary N) is 1. The molecule has 0 unspecified atom stereocenters. The van der Waals surface area contributed by atoms with Crippen LogP contribution in [0.25, 0.3) is 0 Å². The molecule has 0 aromatic heterocycles. The van der Waals surface area contributed by atoms with Crippen molar-refractivity contribution in [3.05, 3.63) is 0 Å². The minimum absolute atomic E-state index is 0.608. The molecule has 1 nitrogen and oxygen atoms in total. The van der Waals surface area contributed by atoms with Gasteiger partial charge in [-0.3, -0.25) is 0 Å². The summed E-state index contributed by atoms with van der Waals surface area (Å²) in [6.45, 7) is 6.05. The molecule has 1 rings (SSSR count). The molecule has 2 heteroatoms. The second kappa shape index (κ2) is 7.60. The van der Waals surface area contributed by atoms with Gasteiger partial charge in [-0.25, -0.2) is 0 Å². The first-order valence-electron chi connectivity index (χ1n) is 6.86. The number of thioether (sulfide) groups is 1. The van der Waals surface area contributed by atoms with Crippen LogP contribution in [0.15, 0.2) is 0 Å². The highest BCUT2D eigenvalue weighted by Crippen LogP contribution is 2.34. The first kappa shape index (κ1) is 14.4. The molecule has 0 radical (unpaired) electrons. The Morgan fingerprint density at radius 1 is 1.12 bits per heavy atom. The maximum atomic E-state index is 3.73. The van der Waals surface area contributed by atoms with E-state index in [4.69, 9.17) is 0 Å². The van der Waals surface area contributed by atoms with E-state index in [0.29, 0.717) is 5.41 Å². The Balaban J connectivity index is 1.94. The quantitative estimate of drug-likeness (QED) is 0.676. The fourth-order valence-corrected chi connectivity index (χ4v) is 2.95. The van der Waals surface area contributed by atoms with Gasteiger partial charge in [0.05, 0.1) is 0 Å². The normalized spacial score (nSPS) is 21.2. The summed E-state index contributed by atoms with van der Waals surface area (Å²) in [5, 5.41) is 3.73. The molecule has 1 aliphatic carbocycles. The highest BCUT2D eigenvalue weighted by atomic mass is 32.2. The van der Waals surface area contributed by atoms with Gasteiger partial charge in [0.1, 0.15) is 0 Å². The van der Waals surface area contributed by atoms with Crippen LogP contribution in [-0.2, 0) is 0 Å². The molecule has 1 saturated carbocycles. The van der Waals surface area contributed by atoms with Gasteiger partial charge in [-0.2, -0.15) is 11.8 Å². The van der Waals surface area contributed by atoms with Gasteiger partial charge in [0, 0.05) is 6.04 Å². The average Bonchev–Trinajstić information content (AvgIpc) is 2.25. The van der Waals surface area contributed by atoms with Crippen molar-refractivity contribution in [1.29, 1.82) is 0 Å². The van der Waals surface area contributed by atoms with E-state index in [0.717, 1.165) is 6.04 Å². The molecule has 1 fully saturated rings. The van der Waals surface area contributed by atoms with E-state index >= 15 is 0 Å². The van der Waals surface area contributed by atoms with Crippen molar-refractivity contribution in [3.63, 3.8) is 0 Å². The number of hydrogen-bond donors (Lipinski definition) is 1. The molecule has 0 bridgehead atoms. The summed E-state index contributed by atoms with van der Waals surface area (Å²) in [5.74, 6) is 1.33. The van der Waals surface area contributed by atoms with Gasteiger partial charge in [0.25, 0.3) is 0 Å². The van der Waals surface area contributed by atoms with Crippen LogP contribution in [-0.4, -0.2) is 24.6 Å². The molecule has 0 aliphatic heterocycles. The van der Waals surface area contributed by atoms with E-state index in [-0.39, 0.29) is 0 Å². The zero-order chi connectivity index (χ0) is 11.9. The SMILES string of the molecule is CSCCCCCNC1CCC(C)(C)CC1. The number of unbranched alkanes of at least 4 members (excludes halogenated alkanes) is 2. The highest BCUT2D eigenvalue weighted by molar-refractivity contribution is 7.98. The minimum Gasteiger partial charge on any atom is -0.314 e. The van der Waals surface area contributed by atoms with Crippen molar-refractivity contribution in [2.24, 2.45) is 5.41 Å². The van der Waals surface area contributed by atoms with Gasteiger partial charge in [0.15, 0.2) is 0 Å². The van der Waals surface area contributed by atoms with Crippen LogP contribution in [0.5, 0.6) is 0 Å². The van der Waals surface area contributed by atoms with Crippen molar-refractivity contribution in [2.45, 2.75) is 64.8 Å². The first-order chi connectivity index (χ1) is 7.64. The predicted octanol–water partition coefficient (Wildman–Crippen LogP) is 4.08. The van der Waals surface area contributed by atoms with Crippen molar-refractivity contribution in [3.8, 4) is 0 Å². The van der Waals surface area contributed by atoms with Crippen LogP contribution in [0.1, 0.15) is 58.8 Å². The van der Waals surface area contributed by atoms with E-state index in [1.807, 2.05) is 11.8 Å². The average molecular weight is 243 g/mol. The van der Waals surface area contributed by atoms with Crippen molar-refractivity contribution < 1.29 is 0 Å². The van der Waals surface area contributed by atoms with Crippen LogP contribution in [0.2, 0.25) is 0 Å². The van der Waals surface area contributed by atoms with Gasteiger partial charge in [-0.1, -0.05) is 20.3 Å². The molecule has 16 heavy (non-hydrogen) atoms. The fourth-order valence-electron chi connectivity index (χ4n) is 2.46. The van der Waals surface area contributed by atoms with Gasteiger partial charge in [0.2, 0.25) is 0 Å². The van der Waals surface area contributed by atoms with E-state index in [1.54, 1.807) is 0 Å². The largest absolute Gasteiger partial charge is 0.314 e. The second-order valence-corrected chi connectivity index (χ2v) is 6.93. The van der Waals surface area contributed by atoms with Crippen LogP contribution >= 0.6 is 11.8 Å². The van der Waals surface area contributed by atoms with Crippen molar-refractivity contribution in [1.82, 2.24) is 5.32 Å². The molecule has 0 aromatic carbocycles. The highest BCUT2D eigenvalue weighted by Gasteiger charge is 2.25. The van der Waals surface area contributed by atoms with Gasteiger partial charge in [-0.05, 0) is 62.5 Å². The Bertz CT molecular complexity index is 170. The summed E-state index contributed by atoms with van der Waals surface area (Å²) < 4.78 is 0. The third-order valence-electron chi connectivity index (χ3n) is 3.80. The third kappa shape index (κ3) is 6.15. The Labute approximate surface area is 106 Å². The zero-order valence-electron chi connectivity index (χ0n) is 11.3. The molecule has 1 aliphatic rings. The third-order valence-corrected chi connectivity index (χ3v) is 4.49. The van der Waals surface area contributed by atoms with Crippen LogP contribution < -0.4 is 5.32 Å². The Morgan fingerprint density at radius 2 is 1.81 bits per heavy atom. The molecule has 0 spiro atoms. The molecule has 1 N–H and O–H groups in total. The smallest absolute Gasteiger partial charge is 0.00674 e. The molecule has 0 heterocycles. The van der Waals surface area contributed by atoms with E-state index in [1.165, 1.54) is 57.2 Å². The Morgan fingerprint density at radius 3 is 2.44 bits per heavy atom. The monoisotopic (exact) mass is 243 g/mol. The first-order valence-corrected chi connectivity index (χ1v) is 8.26. The molecule has 0 amide bonds. The lowest BCUT2D eigenvalue weighted by molar-refractivity contribution is 0.206. The Hall–Kier alpha value is 0.310.